The Morgan fingerprint density at radius 1 is 0.952 bits per heavy atom. The first-order chi connectivity index (χ1) is 10.3. The number of aliphatic hydroxyl groups excluding tert-OH is 1. The van der Waals surface area contributed by atoms with Gasteiger partial charge in [0, 0.05) is 45.1 Å². The Bertz CT molecular complexity index is 541. The van der Waals surface area contributed by atoms with Crippen molar-refractivity contribution in [2.45, 2.75) is 6.10 Å². The Kier molecular flexibility index (Phi) is 4.43. The zero-order valence-electron chi connectivity index (χ0n) is 12.0. The minimum Gasteiger partial charge on any atom is -0.387 e. The Hall–Kier alpha value is -1.98. The van der Waals surface area contributed by atoms with Gasteiger partial charge in [-0.15, -0.1) is 0 Å². The van der Waals surface area contributed by atoms with Crippen LogP contribution in [0.3, 0.4) is 0 Å². The van der Waals surface area contributed by atoms with Crippen molar-refractivity contribution >= 4 is 5.95 Å². The lowest BCUT2D eigenvalue weighted by atomic mass is 10.1. The summed E-state index contributed by atoms with van der Waals surface area (Å²) in [6.45, 7) is 4.30. The SMILES string of the molecule is O[C@H](CN1CCN(c2ncccn2)CC1)c1ccccc1. The number of rotatable bonds is 4. The molecule has 21 heavy (non-hydrogen) atoms. The van der Waals surface area contributed by atoms with E-state index >= 15 is 0 Å². The van der Waals surface area contributed by atoms with E-state index in [1.54, 1.807) is 12.4 Å². The Labute approximate surface area is 124 Å². The molecule has 1 aliphatic heterocycles. The van der Waals surface area contributed by atoms with Crippen LogP contribution < -0.4 is 4.90 Å². The number of anilines is 1. The Morgan fingerprint density at radius 3 is 2.29 bits per heavy atom. The van der Waals surface area contributed by atoms with E-state index in [0.717, 1.165) is 37.7 Å². The first kappa shape index (κ1) is 14.0. The van der Waals surface area contributed by atoms with Gasteiger partial charge in [-0.3, -0.25) is 4.90 Å². The van der Waals surface area contributed by atoms with Crippen molar-refractivity contribution in [3.63, 3.8) is 0 Å². The quantitative estimate of drug-likeness (QED) is 0.918. The van der Waals surface area contributed by atoms with Crippen molar-refractivity contribution in [2.75, 3.05) is 37.6 Å². The first-order valence-corrected chi connectivity index (χ1v) is 7.30. The Morgan fingerprint density at radius 2 is 1.62 bits per heavy atom. The minimum absolute atomic E-state index is 0.425. The van der Waals surface area contributed by atoms with Crippen LogP contribution in [0, 0.1) is 0 Å². The molecule has 0 saturated carbocycles. The van der Waals surface area contributed by atoms with E-state index in [-0.39, 0.29) is 0 Å². The number of piperazine rings is 1. The fourth-order valence-electron chi connectivity index (χ4n) is 2.61. The van der Waals surface area contributed by atoms with Gasteiger partial charge in [-0.05, 0) is 11.6 Å². The van der Waals surface area contributed by atoms with E-state index in [2.05, 4.69) is 19.8 Å². The molecule has 0 spiro atoms. The first-order valence-electron chi connectivity index (χ1n) is 7.30. The van der Waals surface area contributed by atoms with Gasteiger partial charge in [-0.1, -0.05) is 30.3 Å². The Balaban J connectivity index is 1.52. The van der Waals surface area contributed by atoms with E-state index in [1.165, 1.54) is 0 Å². The summed E-state index contributed by atoms with van der Waals surface area (Å²) in [7, 11) is 0. The summed E-state index contributed by atoms with van der Waals surface area (Å²) in [6, 6.07) is 11.7. The number of hydrogen-bond acceptors (Lipinski definition) is 5. The number of hydrogen-bond donors (Lipinski definition) is 1. The molecule has 1 fully saturated rings. The van der Waals surface area contributed by atoms with Crippen LogP contribution in [0.2, 0.25) is 0 Å². The van der Waals surface area contributed by atoms with E-state index in [4.69, 9.17) is 0 Å². The van der Waals surface area contributed by atoms with Gasteiger partial charge < -0.3 is 10.0 Å². The molecule has 1 atom stereocenters. The predicted octanol–water partition coefficient (Wildman–Crippen LogP) is 1.33. The average molecular weight is 284 g/mol. The van der Waals surface area contributed by atoms with Crippen molar-refractivity contribution in [3.05, 3.63) is 54.4 Å². The molecule has 0 amide bonds. The van der Waals surface area contributed by atoms with Gasteiger partial charge in [0.15, 0.2) is 0 Å². The lowest BCUT2D eigenvalue weighted by molar-refractivity contribution is 0.109. The third-order valence-corrected chi connectivity index (χ3v) is 3.82. The zero-order chi connectivity index (χ0) is 14.5. The molecule has 110 valence electrons. The van der Waals surface area contributed by atoms with Crippen molar-refractivity contribution < 1.29 is 5.11 Å². The van der Waals surface area contributed by atoms with Gasteiger partial charge in [0.2, 0.25) is 5.95 Å². The summed E-state index contributed by atoms with van der Waals surface area (Å²) in [6.07, 6.45) is 3.12. The van der Waals surface area contributed by atoms with Gasteiger partial charge >= 0.3 is 0 Å². The van der Waals surface area contributed by atoms with Gasteiger partial charge in [0.25, 0.3) is 0 Å². The van der Waals surface area contributed by atoms with E-state index in [9.17, 15) is 5.11 Å². The van der Waals surface area contributed by atoms with Gasteiger partial charge in [0.1, 0.15) is 0 Å². The van der Waals surface area contributed by atoms with E-state index in [0.29, 0.717) is 6.54 Å². The highest BCUT2D eigenvalue weighted by atomic mass is 16.3. The second-order valence-electron chi connectivity index (χ2n) is 5.26. The molecular formula is C16H20N4O. The molecule has 5 nitrogen and oxygen atoms in total. The van der Waals surface area contributed by atoms with Crippen molar-refractivity contribution in [1.82, 2.24) is 14.9 Å². The van der Waals surface area contributed by atoms with Crippen LogP contribution in [-0.2, 0) is 0 Å². The maximum Gasteiger partial charge on any atom is 0.225 e. The third-order valence-electron chi connectivity index (χ3n) is 3.82. The number of nitrogens with zero attached hydrogens (tertiary/aromatic N) is 4. The highest BCUT2D eigenvalue weighted by Crippen LogP contribution is 2.16. The second kappa shape index (κ2) is 6.65. The molecule has 2 aromatic rings. The normalized spacial score (nSPS) is 17.7. The predicted molar refractivity (Wildman–Crippen MR) is 82.1 cm³/mol. The highest BCUT2D eigenvalue weighted by Gasteiger charge is 2.21. The van der Waals surface area contributed by atoms with Crippen LogP contribution in [0.15, 0.2) is 48.8 Å². The highest BCUT2D eigenvalue weighted by molar-refractivity contribution is 5.29. The van der Waals surface area contributed by atoms with Crippen LogP contribution in [0.1, 0.15) is 11.7 Å². The molecule has 2 heterocycles. The molecule has 0 bridgehead atoms. The number of aliphatic hydroxyl groups is 1. The molecule has 1 aromatic carbocycles. The monoisotopic (exact) mass is 284 g/mol. The largest absolute Gasteiger partial charge is 0.387 e. The average Bonchev–Trinajstić information content (AvgIpc) is 2.57. The molecule has 0 radical (unpaired) electrons. The molecule has 1 aromatic heterocycles. The zero-order valence-corrected chi connectivity index (χ0v) is 12.0. The van der Waals surface area contributed by atoms with Gasteiger partial charge in [-0.25, -0.2) is 9.97 Å². The van der Waals surface area contributed by atoms with Crippen molar-refractivity contribution in [3.8, 4) is 0 Å². The van der Waals surface area contributed by atoms with Crippen molar-refractivity contribution in [2.24, 2.45) is 0 Å². The molecule has 0 aliphatic carbocycles. The molecule has 0 unspecified atom stereocenters. The summed E-state index contributed by atoms with van der Waals surface area (Å²) in [4.78, 5) is 13.0. The van der Waals surface area contributed by atoms with Gasteiger partial charge in [0.05, 0.1) is 6.10 Å². The van der Waals surface area contributed by atoms with Crippen LogP contribution in [-0.4, -0.2) is 52.7 Å². The smallest absolute Gasteiger partial charge is 0.225 e. The standard InChI is InChI=1S/C16H20N4O/c21-15(14-5-2-1-3-6-14)13-19-9-11-20(12-10-19)16-17-7-4-8-18-16/h1-8,15,21H,9-13H2/t15-/m1/s1. The summed E-state index contributed by atoms with van der Waals surface area (Å²) < 4.78 is 0. The molecular weight excluding hydrogens is 264 g/mol. The minimum atomic E-state index is -0.425. The summed E-state index contributed by atoms with van der Waals surface area (Å²) in [5.74, 6) is 0.792. The number of β-amino-alcohol motifs (C(OH)–C–C–N with tert-alkyl or cyclic N) is 1. The van der Waals surface area contributed by atoms with Crippen LogP contribution in [0.5, 0.6) is 0 Å². The summed E-state index contributed by atoms with van der Waals surface area (Å²) in [5, 5.41) is 10.3. The third kappa shape index (κ3) is 3.56. The molecule has 1 aliphatic rings. The number of aromatic nitrogens is 2. The maximum absolute atomic E-state index is 10.3. The topological polar surface area (TPSA) is 52.5 Å². The molecule has 1 saturated heterocycles. The van der Waals surface area contributed by atoms with Crippen LogP contribution in [0.25, 0.3) is 0 Å². The van der Waals surface area contributed by atoms with E-state index in [1.807, 2.05) is 36.4 Å². The lowest BCUT2D eigenvalue weighted by Gasteiger charge is -2.35. The van der Waals surface area contributed by atoms with E-state index < -0.39 is 6.10 Å². The fraction of sp³-hybridized carbons (Fsp3) is 0.375. The van der Waals surface area contributed by atoms with Gasteiger partial charge in [-0.2, -0.15) is 0 Å². The summed E-state index contributed by atoms with van der Waals surface area (Å²) >= 11 is 0. The lowest BCUT2D eigenvalue weighted by Crippen LogP contribution is -2.48. The second-order valence-corrected chi connectivity index (χ2v) is 5.26. The molecule has 1 N–H and O–H groups in total. The maximum atomic E-state index is 10.3. The molecule has 3 rings (SSSR count). The number of benzene rings is 1. The summed E-state index contributed by atoms with van der Waals surface area (Å²) in [5.41, 5.74) is 0.978. The van der Waals surface area contributed by atoms with Crippen LogP contribution >= 0.6 is 0 Å². The van der Waals surface area contributed by atoms with Crippen LogP contribution in [0.4, 0.5) is 5.95 Å². The fourth-order valence-corrected chi connectivity index (χ4v) is 2.61. The van der Waals surface area contributed by atoms with Crippen molar-refractivity contribution in [1.29, 1.82) is 0 Å². The molecule has 5 heteroatoms.